The van der Waals surface area contributed by atoms with Gasteiger partial charge < -0.3 is 5.32 Å². The third-order valence-corrected chi connectivity index (χ3v) is 5.84. The molecule has 6 nitrogen and oxygen atoms in total. The molecule has 1 unspecified atom stereocenters. The molecule has 3 aromatic rings. The maximum Gasteiger partial charge on any atom is 0.242 e. The fourth-order valence-corrected chi connectivity index (χ4v) is 4.16. The summed E-state index contributed by atoms with van der Waals surface area (Å²) in [6.07, 6.45) is 2.74. The Morgan fingerprint density at radius 1 is 0.966 bits per heavy atom. The number of carbonyl (C=O) groups excluding carboxylic acids is 1. The Morgan fingerprint density at radius 2 is 1.59 bits per heavy atom. The highest BCUT2D eigenvalue weighted by atomic mass is 35.5. The number of aromatic nitrogens is 1. The molecule has 0 fully saturated rings. The zero-order valence-electron chi connectivity index (χ0n) is 15.5. The molecule has 1 aromatic heterocycles. The molecule has 0 aliphatic rings. The van der Waals surface area contributed by atoms with Gasteiger partial charge in [0.1, 0.15) is 10.9 Å². The largest absolute Gasteiger partial charge is 0.351 e. The van der Waals surface area contributed by atoms with Gasteiger partial charge in [0.2, 0.25) is 15.9 Å². The van der Waals surface area contributed by atoms with Gasteiger partial charge in [-0.05, 0) is 23.6 Å². The minimum atomic E-state index is -3.99. The first-order chi connectivity index (χ1) is 13.9. The Bertz CT molecular complexity index is 1060. The van der Waals surface area contributed by atoms with Gasteiger partial charge in [0, 0.05) is 18.9 Å². The van der Waals surface area contributed by atoms with E-state index in [2.05, 4.69) is 15.0 Å². The second kappa shape index (κ2) is 9.65. The van der Waals surface area contributed by atoms with E-state index in [0.717, 1.165) is 11.1 Å². The quantitative estimate of drug-likeness (QED) is 0.576. The lowest BCUT2D eigenvalue weighted by Gasteiger charge is -2.19. The highest BCUT2D eigenvalue weighted by molar-refractivity contribution is 7.89. The second-order valence-electron chi connectivity index (χ2n) is 6.41. The van der Waals surface area contributed by atoms with E-state index < -0.39 is 22.0 Å². The van der Waals surface area contributed by atoms with Gasteiger partial charge in [-0.1, -0.05) is 72.3 Å². The Morgan fingerprint density at radius 3 is 2.21 bits per heavy atom. The van der Waals surface area contributed by atoms with Crippen LogP contribution in [-0.4, -0.2) is 25.4 Å². The summed E-state index contributed by atoms with van der Waals surface area (Å²) < 4.78 is 28.0. The number of pyridine rings is 1. The van der Waals surface area contributed by atoms with Crippen molar-refractivity contribution in [1.82, 2.24) is 15.0 Å². The summed E-state index contributed by atoms with van der Waals surface area (Å²) in [5.74, 6) is -0.420. The number of carbonyl (C=O) groups is 1. The standard InChI is InChI=1S/C21H20ClN3O3S/c22-18-12-19(15-23-14-18)29(27,28)25-20(11-16-7-3-1-4-8-16)21(26)24-13-17-9-5-2-6-10-17/h1-10,12,14-15,20,25H,11,13H2,(H,24,26). The van der Waals surface area contributed by atoms with Crippen molar-refractivity contribution in [1.29, 1.82) is 0 Å². The smallest absolute Gasteiger partial charge is 0.242 e. The molecule has 29 heavy (non-hydrogen) atoms. The van der Waals surface area contributed by atoms with Crippen molar-refractivity contribution < 1.29 is 13.2 Å². The molecule has 2 aromatic carbocycles. The van der Waals surface area contributed by atoms with Crippen LogP contribution in [0.3, 0.4) is 0 Å². The fourth-order valence-electron chi connectivity index (χ4n) is 2.74. The number of rotatable bonds is 8. The molecule has 2 N–H and O–H groups in total. The average Bonchev–Trinajstić information content (AvgIpc) is 2.73. The number of nitrogens with one attached hydrogen (secondary N) is 2. The highest BCUT2D eigenvalue weighted by Crippen LogP contribution is 2.15. The van der Waals surface area contributed by atoms with Crippen molar-refractivity contribution in [3.05, 3.63) is 95.3 Å². The first-order valence-electron chi connectivity index (χ1n) is 8.92. The maximum atomic E-state index is 12.8. The minimum absolute atomic E-state index is 0.0982. The molecule has 1 amide bonds. The van der Waals surface area contributed by atoms with E-state index >= 15 is 0 Å². The number of amides is 1. The summed E-state index contributed by atoms with van der Waals surface area (Å²) in [5, 5.41) is 2.99. The van der Waals surface area contributed by atoms with Gasteiger partial charge in [0.15, 0.2) is 0 Å². The predicted molar refractivity (Wildman–Crippen MR) is 112 cm³/mol. The summed E-state index contributed by atoms with van der Waals surface area (Å²) in [6, 6.07) is 18.9. The van der Waals surface area contributed by atoms with Crippen molar-refractivity contribution in [2.45, 2.75) is 23.9 Å². The van der Waals surface area contributed by atoms with E-state index in [1.54, 1.807) is 0 Å². The third-order valence-electron chi connectivity index (χ3n) is 4.20. The molecule has 0 radical (unpaired) electrons. The predicted octanol–water partition coefficient (Wildman–Crippen LogP) is 2.94. The number of hydrogen-bond acceptors (Lipinski definition) is 4. The molecule has 8 heteroatoms. The SMILES string of the molecule is O=C(NCc1ccccc1)C(Cc1ccccc1)NS(=O)(=O)c1cncc(Cl)c1. The molecule has 1 atom stereocenters. The lowest BCUT2D eigenvalue weighted by atomic mass is 10.1. The third kappa shape index (κ3) is 6.12. The van der Waals surface area contributed by atoms with Gasteiger partial charge in [0.25, 0.3) is 0 Å². The van der Waals surface area contributed by atoms with Crippen molar-refractivity contribution in [3.8, 4) is 0 Å². The van der Waals surface area contributed by atoms with Crippen molar-refractivity contribution >= 4 is 27.5 Å². The van der Waals surface area contributed by atoms with Gasteiger partial charge in [-0.3, -0.25) is 9.78 Å². The molecule has 0 bridgehead atoms. The molecule has 3 rings (SSSR count). The van der Waals surface area contributed by atoms with Crippen LogP contribution in [0.5, 0.6) is 0 Å². The van der Waals surface area contributed by atoms with Gasteiger partial charge in [0.05, 0.1) is 5.02 Å². The normalized spacial score (nSPS) is 12.3. The summed E-state index contributed by atoms with van der Waals surface area (Å²) in [6.45, 7) is 0.297. The minimum Gasteiger partial charge on any atom is -0.351 e. The Balaban J connectivity index is 1.79. The summed E-state index contributed by atoms with van der Waals surface area (Å²) in [7, 11) is -3.99. The van der Waals surface area contributed by atoms with E-state index in [-0.39, 0.29) is 16.3 Å². The molecular formula is C21H20ClN3O3S. The van der Waals surface area contributed by atoms with E-state index in [9.17, 15) is 13.2 Å². The van der Waals surface area contributed by atoms with Crippen LogP contribution in [0, 0.1) is 0 Å². The molecule has 0 aliphatic carbocycles. The van der Waals surface area contributed by atoms with Crippen LogP contribution in [0.2, 0.25) is 5.02 Å². The number of halogens is 1. The molecule has 0 spiro atoms. The zero-order chi connectivity index (χ0) is 20.7. The Kier molecular flexibility index (Phi) is 6.98. The van der Waals surface area contributed by atoms with E-state index in [4.69, 9.17) is 11.6 Å². The molecular weight excluding hydrogens is 410 g/mol. The Hall–Kier alpha value is -2.74. The van der Waals surface area contributed by atoms with Crippen LogP contribution in [0.4, 0.5) is 0 Å². The van der Waals surface area contributed by atoms with Crippen molar-refractivity contribution in [2.75, 3.05) is 0 Å². The highest BCUT2D eigenvalue weighted by Gasteiger charge is 2.26. The summed E-state index contributed by atoms with van der Waals surface area (Å²) in [4.78, 5) is 16.5. The van der Waals surface area contributed by atoms with Gasteiger partial charge in [-0.15, -0.1) is 0 Å². The van der Waals surface area contributed by atoms with Crippen LogP contribution in [0.25, 0.3) is 0 Å². The van der Waals surface area contributed by atoms with Gasteiger partial charge in [-0.2, -0.15) is 4.72 Å². The number of benzene rings is 2. The lowest BCUT2D eigenvalue weighted by Crippen LogP contribution is -2.47. The van der Waals surface area contributed by atoms with E-state index in [1.165, 1.54) is 18.5 Å². The van der Waals surface area contributed by atoms with E-state index in [0.29, 0.717) is 6.54 Å². The van der Waals surface area contributed by atoms with Crippen molar-refractivity contribution in [3.63, 3.8) is 0 Å². The maximum absolute atomic E-state index is 12.8. The number of nitrogens with zero attached hydrogens (tertiary/aromatic N) is 1. The Labute approximate surface area is 175 Å². The average molecular weight is 430 g/mol. The first-order valence-corrected chi connectivity index (χ1v) is 10.8. The van der Waals surface area contributed by atoms with Crippen LogP contribution in [0.15, 0.2) is 84.0 Å². The molecule has 0 saturated heterocycles. The first kappa shape index (κ1) is 21.0. The van der Waals surface area contributed by atoms with Gasteiger partial charge >= 0.3 is 0 Å². The van der Waals surface area contributed by atoms with Crippen molar-refractivity contribution in [2.24, 2.45) is 0 Å². The molecule has 150 valence electrons. The second-order valence-corrected chi connectivity index (χ2v) is 8.56. The topological polar surface area (TPSA) is 88.2 Å². The molecule has 0 saturated carbocycles. The van der Waals surface area contributed by atoms with Crippen LogP contribution in [-0.2, 0) is 27.8 Å². The van der Waals surface area contributed by atoms with Crippen LogP contribution >= 0.6 is 11.6 Å². The number of hydrogen-bond donors (Lipinski definition) is 2. The van der Waals surface area contributed by atoms with Crippen LogP contribution in [0.1, 0.15) is 11.1 Å². The van der Waals surface area contributed by atoms with Gasteiger partial charge in [-0.25, -0.2) is 8.42 Å². The monoisotopic (exact) mass is 429 g/mol. The van der Waals surface area contributed by atoms with Crippen LogP contribution < -0.4 is 10.0 Å². The van der Waals surface area contributed by atoms with E-state index in [1.807, 2.05) is 60.7 Å². The summed E-state index contributed by atoms with van der Waals surface area (Å²) in [5.41, 5.74) is 1.75. The lowest BCUT2D eigenvalue weighted by molar-refractivity contribution is -0.122. The fraction of sp³-hybridized carbons (Fsp3) is 0.143. The summed E-state index contributed by atoms with van der Waals surface area (Å²) >= 11 is 5.86. The number of sulfonamides is 1. The molecule has 1 heterocycles. The molecule has 0 aliphatic heterocycles. The zero-order valence-corrected chi connectivity index (χ0v) is 17.0.